The third-order valence-electron chi connectivity index (χ3n) is 4.02. The summed E-state index contributed by atoms with van der Waals surface area (Å²) >= 11 is 0. The zero-order valence-electron chi connectivity index (χ0n) is 10.6. The van der Waals surface area contributed by atoms with Crippen molar-refractivity contribution in [2.24, 2.45) is 12.5 Å². The Labute approximate surface area is 105 Å². The third-order valence-corrected chi connectivity index (χ3v) is 4.02. The molecular weight excluding hydrogens is 228 g/mol. The van der Waals surface area contributed by atoms with Crippen LogP contribution in [0.1, 0.15) is 24.2 Å². The summed E-state index contributed by atoms with van der Waals surface area (Å²) in [6.07, 6.45) is 2.21. The van der Waals surface area contributed by atoms with Crippen LogP contribution in [0.2, 0.25) is 0 Å². The van der Waals surface area contributed by atoms with E-state index < -0.39 is 11.4 Å². The molecule has 3 rings (SSSR count). The quantitative estimate of drug-likeness (QED) is 0.901. The van der Waals surface area contributed by atoms with Crippen LogP contribution in [-0.4, -0.2) is 20.6 Å². The van der Waals surface area contributed by atoms with Gasteiger partial charge in [0.1, 0.15) is 5.82 Å². The van der Waals surface area contributed by atoms with Gasteiger partial charge in [0.2, 0.25) is 0 Å². The molecule has 0 unspecified atom stereocenters. The van der Waals surface area contributed by atoms with Gasteiger partial charge < -0.3 is 9.67 Å². The number of carboxylic acids is 1. The van der Waals surface area contributed by atoms with E-state index in [1.54, 1.807) is 0 Å². The van der Waals surface area contributed by atoms with Crippen molar-refractivity contribution in [3.8, 4) is 0 Å². The topological polar surface area (TPSA) is 55.1 Å². The molecule has 1 fully saturated rings. The second kappa shape index (κ2) is 3.57. The zero-order valence-corrected chi connectivity index (χ0v) is 10.6. The molecule has 1 aliphatic rings. The molecule has 2 aromatic rings. The summed E-state index contributed by atoms with van der Waals surface area (Å²) in [7, 11) is 1.99. The first kappa shape index (κ1) is 11.3. The Hall–Kier alpha value is -1.84. The molecule has 4 heteroatoms. The molecule has 0 atom stereocenters. The normalized spacial score (nSPS) is 17.0. The first-order chi connectivity index (χ1) is 8.52. The summed E-state index contributed by atoms with van der Waals surface area (Å²) in [5, 5.41) is 9.21. The van der Waals surface area contributed by atoms with Crippen molar-refractivity contribution in [2.45, 2.75) is 26.2 Å². The second-order valence-electron chi connectivity index (χ2n) is 5.30. The highest BCUT2D eigenvalue weighted by atomic mass is 16.4. The number of hydrogen-bond acceptors (Lipinski definition) is 2. The average Bonchev–Trinajstić information content (AvgIpc) is 3.04. The molecule has 1 aromatic heterocycles. The maximum Gasteiger partial charge on any atom is 0.309 e. The Morgan fingerprint density at radius 2 is 2.22 bits per heavy atom. The number of aromatic nitrogens is 2. The van der Waals surface area contributed by atoms with Crippen molar-refractivity contribution in [3.63, 3.8) is 0 Å². The lowest BCUT2D eigenvalue weighted by atomic mass is 9.96. The Morgan fingerprint density at radius 3 is 2.83 bits per heavy atom. The Balaban J connectivity index is 1.97. The lowest BCUT2D eigenvalue weighted by molar-refractivity contribution is -0.143. The van der Waals surface area contributed by atoms with E-state index in [1.165, 1.54) is 0 Å². The molecule has 1 N–H and O–H groups in total. The number of aliphatic carboxylic acids is 1. The van der Waals surface area contributed by atoms with E-state index in [4.69, 9.17) is 0 Å². The van der Waals surface area contributed by atoms with Crippen LogP contribution in [0, 0.1) is 12.3 Å². The van der Waals surface area contributed by atoms with Crippen molar-refractivity contribution < 1.29 is 9.90 Å². The van der Waals surface area contributed by atoms with Crippen LogP contribution >= 0.6 is 0 Å². The molecule has 0 spiro atoms. The fourth-order valence-electron chi connectivity index (χ4n) is 2.48. The number of aryl methyl sites for hydroxylation is 2. The maximum absolute atomic E-state index is 11.2. The lowest BCUT2D eigenvalue weighted by Gasteiger charge is -2.09. The van der Waals surface area contributed by atoms with Crippen molar-refractivity contribution in [3.05, 3.63) is 29.6 Å². The number of rotatable bonds is 3. The van der Waals surface area contributed by atoms with Crippen molar-refractivity contribution in [1.82, 2.24) is 9.55 Å². The van der Waals surface area contributed by atoms with Gasteiger partial charge in [-0.2, -0.15) is 0 Å². The van der Waals surface area contributed by atoms with E-state index in [0.29, 0.717) is 6.42 Å². The van der Waals surface area contributed by atoms with Gasteiger partial charge >= 0.3 is 5.97 Å². The highest BCUT2D eigenvalue weighted by molar-refractivity contribution is 5.80. The molecular formula is C14H16N2O2. The molecule has 18 heavy (non-hydrogen) atoms. The minimum absolute atomic E-state index is 0.502. The van der Waals surface area contributed by atoms with Gasteiger partial charge in [-0.25, -0.2) is 4.98 Å². The largest absolute Gasteiger partial charge is 0.481 e. The molecule has 1 aromatic carbocycles. The number of fused-ring (bicyclic) bond motifs is 1. The van der Waals surface area contributed by atoms with Gasteiger partial charge in [-0.3, -0.25) is 4.79 Å². The summed E-state index contributed by atoms with van der Waals surface area (Å²) in [6, 6.07) is 6.07. The predicted molar refractivity (Wildman–Crippen MR) is 68.5 cm³/mol. The SMILES string of the molecule is Cc1nc2cc(CC3(C(=O)O)CC3)ccc2n1C. The summed E-state index contributed by atoms with van der Waals surface area (Å²) in [5.41, 5.74) is 2.61. The first-order valence-corrected chi connectivity index (χ1v) is 6.17. The van der Waals surface area contributed by atoms with Gasteiger partial charge in [0, 0.05) is 7.05 Å². The highest BCUT2D eigenvalue weighted by Gasteiger charge is 2.49. The van der Waals surface area contributed by atoms with Gasteiger partial charge in [-0.05, 0) is 43.9 Å². The van der Waals surface area contributed by atoms with Crippen molar-refractivity contribution in [1.29, 1.82) is 0 Å². The number of nitrogens with zero attached hydrogens (tertiary/aromatic N) is 2. The smallest absolute Gasteiger partial charge is 0.309 e. The van der Waals surface area contributed by atoms with Crippen LogP contribution in [0.5, 0.6) is 0 Å². The minimum atomic E-state index is -0.667. The molecule has 0 aliphatic heterocycles. The number of hydrogen-bond donors (Lipinski definition) is 1. The summed E-state index contributed by atoms with van der Waals surface area (Å²) in [4.78, 5) is 15.7. The fraction of sp³-hybridized carbons (Fsp3) is 0.429. The van der Waals surface area contributed by atoms with Gasteiger partial charge in [0.05, 0.1) is 16.4 Å². The number of carboxylic acid groups (broad SMARTS) is 1. The minimum Gasteiger partial charge on any atom is -0.481 e. The summed E-state index contributed by atoms with van der Waals surface area (Å²) in [5.74, 6) is 0.307. The fourth-order valence-corrected chi connectivity index (χ4v) is 2.48. The van der Waals surface area contributed by atoms with Gasteiger partial charge in [-0.15, -0.1) is 0 Å². The van der Waals surface area contributed by atoms with Crippen LogP contribution in [-0.2, 0) is 18.3 Å². The van der Waals surface area contributed by atoms with E-state index in [1.807, 2.05) is 36.7 Å². The van der Waals surface area contributed by atoms with Crippen LogP contribution in [0.25, 0.3) is 11.0 Å². The van der Waals surface area contributed by atoms with Crippen LogP contribution in [0.15, 0.2) is 18.2 Å². The lowest BCUT2D eigenvalue weighted by Crippen LogP contribution is -2.17. The Morgan fingerprint density at radius 1 is 1.50 bits per heavy atom. The van der Waals surface area contributed by atoms with Gasteiger partial charge in [-0.1, -0.05) is 6.07 Å². The molecule has 0 amide bonds. The second-order valence-corrected chi connectivity index (χ2v) is 5.30. The molecule has 0 saturated heterocycles. The molecule has 0 radical (unpaired) electrons. The van der Waals surface area contributed by atoms with E-state index in [9.17, 15) is 9.90 Å². The number of carbonyl (C=O) groups is 1. The number of benzene rings is 1. The van der Waals surface area contributed by atoms with Gasteiger partial charge in [0.15, 0.2) is 0 Å². The molecule has 4 nitrogen and oxygen atoms in total. The van der Waals surface area contributed by atoms with Crippen LogP contribution in [0.3, 0.4) is 0 Å². The highest BCUT2D eigenvalue weighted by Crippen LogP contribution is 2.48. The van der Waals surface area contributed by atoms with Gasteiger partial charge in [0.25, 0.3) is 0 Å². The molecule has 94 valence electrons. The predicted octanol–water partition coefficient (Wildman–Crippen LogP) is 2.29. The zero-order chi connectivity index (χ0) is 12.9. The van der Waals surface area contributed by atoms with Crippen LogP contribution in [0.4, 0.5) is 0 Å². The van der Waals surface area contributed by atoms with Crippen molar-refractivity contribution in [2.75, 3.05) is 0 Å². The molecule has 1 saturated carbocycles. The molecule has 1 aliphatic carbocycles. The maximum atomic E-state index is 11.2. The third kappa shape index (κ3) is 1.60. The van der Waals surface area contributed by atoms with Crippen LogP contribution < -0.4 is 0 Å². The Kier molecular flexibility index (Phi) is 2.24. The number of imidazole rings is 1. The monoisotopic (exact) mass is 244 g/mol. The van der Waals surface area contributed by atoms with E-state index in [-0.39, 0.29) is 0 Å². The van der Waals surface area contributed by atoms with E-state index in [2.05, 4.69) is 4.98 Å². The average molecular weight is 244 g/mol. The first-order valence-electron chi connectivity index (χ1n) is 6.17. The van der Waals surface area contributed by atoms with E-state index in [0.717, 1.165) is 35.3 Å². The summed E-state index contributed by atoms with van der Waals surface area (Å²) < 4.78 is 2.04. The Bertz CT molecular complexity index is 639. The molecule has 0 bridgehead atoms. The van der Waals surface area contributed by atoms with E-state index >= 15 is 0 Å². The molecule has 1 heterocycles. The standard InChI is InChI=1S/C14H16N2O2/c1-9-15-11-7-10(3-4-12(11)16(9)2)8-14(5-6-14)13(17)18/h3-4,7H,5-6,8H2,1-2H3,(H,17,18). The summed E-state index contributed by atoms with van der Waals surface area (Å²) in [6.45, 7) is 1.97. The van der Waals surface area contributed by atoms with Crippen molar-refractivity contribution >= 4 is 17.0 Å².